The highest BCUT2D eigenvalue weighted by molar-refractivity contribution is 5.76. The first-order valence-electron chi connectivity index (χ1n) is 37.1. The van der Waals surface area contributed by atoms with Crippen molar-refractivity contribution in [2.24, 2.45) is 0 Å². The van der Waals surface area contributed by atoms with E-state index in [1.54, 1.807) is 6.08 Å². The molecule has 0 bridgehead atoms. The quantitative estimate of drug-likeness (QED) is 0.0199. The Balaban J connectivity index is 1.37. The van der Waals surface area contributed by atoms with Crippen LogP contribution in [0.5, 0.6) is 0 Å². The summed E-state index contributed by atoms with van der Waals surface area (Å²) in [5, 5.41) is 120. The molecule has 3 saturated heterocycles. The number of hydrogen-bond donors (Lipinski definition) is 12. The van der Waals surface area contributed by atoms with Gasteiger partial charge in [0.25, 0.3) is 0 Å². The van der Waals surface area contributed by atoms with Gasteiger partial charge in [-0.05, 0) is 32.1 Å². The molecular weight excluding hydrogens is 1170 g/mol. The van der Waals surface area contributed by atoms with Gasteiger partial charge in [0, 0.05) is 6.42 Å². The Labute approximate surface area is 549 Å². The number of ether oxygens (including phenoxy) is 6. The zero-order valence-electron chi connectivity index (χ0n) is 56.8. The number of aliphatic hydroxyl groups is 11. The molecule has 3 aliphatic heterocycles. The predicted octanol–water partition coefficient (Wildman–Crippen LogP) is 10.6. The smallest absolute Gasteiger partial charge is 0.220 e. The molecule has 19 heteroatoms. The van der Waals surface area contributed by atoms with E-state index in [2.05, 4.69) is 31.3 Å². The molecule has 0 aromatic carbocycles. The van der Waals surface area contributed by atoms with E-state index < -0.39 is 124 Å². The van der Waals surface area contributed by atoms with E-state index in [4.69, 9.17) is 28.4 Å². The van der Waals surface area contributed by atoms with Crippen LogP contribution in [0.2, 0.25) is 0 Å². The van der Waals surface area contributed by atoms with Gasteiger partial charge < -0.3 is 89.9 Å². The lowest BCUT2D eigenvalue weighted by atomic mass is 9.96. The second-order valence-electron chi connectivity index (χ2n) is 26.8. The first-order valence-corrected chi connectivity index (χ1v) is 37.1. The second-order valence-corrected chi connectivity index (χ2v) is 26.8. The summed E-state index contributed by atoms with van der Waals surface area (Å²) >= 11 is 0. The van der Waals surface area contributed by atoms with Gasteiger partial charge in [0.15, 0.2) is 18.9 Å². The number of amides is 1. The molecule has 0 saturated carbocycles. The van der Waals surface area contributed by atoms with Crippen molar-refractivity contribution in [1.29, 1.82) is 0 Å². The summed E-state index contributed by atoms with van der Waals surface area (Å²) in [7, 11) is 0. The SMILES string of the molecule is CCCCCCCCCCCCCCCCCCCCCCCCCCCCC/C=C/CC/C=C/C(O)C(COC1OC(CO)C(OC2OC(CO)C(OC3OC(CO)C(O)C(O)C3O)C(O)C2O)C(O)C1O)NC(=O)CCCCCCCCCCCCCCC. The van der Waals surface area contributed by atoms with Crippen LogP contribution in [0.25, 0.3) is 0 Å². The van der Waals surface area contributed by atoms with Crippen molar-refractivity contribution in [3.63, 3.8) is 0 Å². The maximum absolute atomic E-state index is 13.4. The number of carbonyl (C=O) groups excluding carboxylic acids is 1. The van der Waals surface area contributed by atoms with Crippen LogP contribution in [0.15, 0.2) is 24.3 Å². The highest BCUT2D eigenvalue weighted by atomic mass is 16.8. The van der Waals surface area contributed by atoms with E-state index in [0.29, 0.717) is 12.8 Å². The summed E-state index contributed by atoms with van der Waals surface area (Å²) in [5.41, 5.74) is 0. The molecule has 0 aromatic heterocycles. The van der Waals surface area contributed by atoms with Crippen molar-refractivity contribution >= 4 is 5.91 Å². The number of rotatable bonds is 58. The largest absolute Gasteiger partial charge is 0.394 e. The third kappa shape index (κ3) is 35.9. The lowest BCUT2D eigenvalue weighted by Gasteiger charge is -2.48. The molecular formula is C72H135NO18. The van der Waals surface area contributed by atoms with Gasteiger partial charge in [0.05, 0.1) is 38.6 Å². The van der Waals surface area contributed by atoms with Gasteiger partial charge in [0.1, 0.15) is 73.2 Å². The number of allylic oxidation sites excluding steroid dienone is 3. The number of unbranched alkanes of at least 4 members (excludes halogenated alkanes) is 40. The Kier molecular flexibility index (Phi) is 49.8. The molecule has 536 valence electrons. The average molecular weight is 1300 g/mol. The van der Waals surface area contributed by atoms with Crippen LogP contribution < -0.4 is 5.32 Å². The van der Waals surface area contributed by atoms with E-state index in [9.17, 15) is 61.0 Å². The zero-order valence-corrected chi connectivity index (χ0v) is 56.8. The first-order chi connectivity index (χ1) is 44.3. The molecule has 17 atom stereocenters. The van der Waals surface area contributed by atoms with E-state index in [0.717, 1.165) is 38.5 Å². The molecule has 12 N–H and O–H groups in total. The van der Waals surface area contributed by atoms with Crippen LogP contribution in [0.4, 0.5) is 0 Å². The van der Waals surface area contributed by atoms with Crippen molar-refractivity contribution < 1.29 is 89.4 Å². The molecule has 0 aliphatic carbocycles. The Bertz CT molecular complexity index is 1750. The number of carbonyl (C=O) groups is 1. The Morgan fingerprint density at radius 3 is 1.10 bits per heavy atom. The molecule has 3 aliphatic rings. The lowest BCUT2D eigenvalue weighted by molar-refractivity contribution is -0.379. The van der Waals surface area contributed by atoms with Crippen LogP contribution >= 0.6 is 0 Å². The van der Waals surface area contributed by atoms with Gasteiger partial charge in [0.2, 0.25) is 5.91 Å². The molecule has 0 spiro atoms. The third-order valence-corrected chi connectivity index (χ3v) is 18.8. The highest BCUT2D eigenvalue weighted by Gasteiger charge is 2.53. The Morgan fingerprint density at radius 1 is 0.385 bits per heavy atom. The molecule has 1 amide bonds. The Morgan fingerprint density at radius 2 is 0.703 bits per heavy atom. The van der Waals surface area contributed by atoms with E-state index in [1.165, 1.54) is 225 Å². The van der Waals surface area contributed by atoms with Crippen LogP contribution in [0, 0.1) is 0 Å². The minimum atomic E-state index is -1.98. The van der Waals surface area contributed by atoms with E-state index in [-0.39, 0.29) is 18.9 Å². The topological polar surface area (TPSA) is 307 Å². The van der Waals surface area contributed by atoms with Gasteiger partial charge >= 0.3 is 0 Å². The van der Waals surface area contributed by atoms with Gasteiger partial charge in [-0.2, -0.15) is 0 Å². The van der Waals surface area contributed by atoms with Crippen LogP contribution in [-0.4, -0.2) is 193 Å². The maximum atomic E-state index is 13.4. The van der Waals surface area contributed by atoms with Gasteiger partial charge in [-0.1, -0.05) is 282 Å². The summed E-state index contributed by atoms with van der Waals surface area (Å²) in [6.07, 6.45) is 36.2. The average Bonchev–Trinajstić information content (AvgIpc) is 0.864. The lowest BCUT2D eigenvalue weighted by Crippen LogP contribution is -2.66. The molecule has 19 nitrogen and oxygen atoms in total. The van der Waals surface area contributed by atoms with E-state index >= 15 is 0 Å². The minimum Gasteiger partial charge on any atom is -0.394 e. The fraction of sp³-hybridized carbons (Fsp3) is 0.931. The molecule has 3 rings (SSSR count). The Hall–Kier alpha value is -1.73. The zero-order chi connectivity index (χ0) is 66.1. The summed E-state index contributed by atoms with van der Waals surface area (Å²) in [6.45, 7) is 1.74. The summed E-state index contributed by atoms with van der Waals surface area (Å²) in [6, 6.07) is -0.986. The number of hydrogen-bond acceptors (Lipinski definition) is 18. The normalized spacial score (nSPS) is 27.9. The van der Waals surface area contributed by atoms with Crippen molar-refractivity contribution in [3.05, 3.63) is 24.3 Å². The maximum Gasteiger partial charge on any atom is 0.220 e. The fourth-order valence-electron chi connectivity index (χ4n) is 12.7. The van der Waals surface area contributed by atoms with Crippen LogP contribution in [-0.2, 0) is 33.2 Å². The molecule has 91 heavy (non-hydrogen) atoms. The molecule has 3 heterocycles. The molecule has 17 unspecified atom stereocenters. The van der Waals surface area contributed by atoms with Gasteiger partial charge in [-0.15, -0.1) is 0 Å². The molecule has 0 aromatic rings. The van der Waals surface area contributed by atoms with Crippen molar-refractivity contribution in [1.82, 2.24) is 5.32 Å². The molecule has 3 fully saturated rings. The summed E-state index contributed by atoms with van der Waals surface area (Å²) in [4.78, 5) is 13.4. The van der Waals surface area contributed by atoms with Gasteiger partial charge in [-0.25, -0.2) is 0 Å². The third-order valence-electron chi connectivity index (χ3n) is 18.8. The standard InChI is InChI=1S/C72H135NO18/c1-3-5-7-9-11-13-15-17-18-19-20-21-22-23-24-25-26-27-28-29-30-31-32-33-34-35-36-38-39-41-43-45-47-49-56(77)55(73-60(78)50-48-46-44-42-40-37-16-14-12-10-8-6-4-2)54-86-70-66(84)63(81)68(58(52-75)88-70)91-72-67(85)64(82)69(59(53-76)89-72)90-71-65(83)62(80)61(79)57(51-74)87-71/h39,41,47,49,55-59,61-72,74-77,79-85H,3-38,40,42-46,48,50-54H2,1-2H3,(H,73,78)/b41-39+,49-47+. The highest BCUT2D eigenvalue weighted by Crippen LogP contribution is 2.33. The summed E-state index contributed by atoms with van der Waals surface area (Å²) in [5.74, 6) is -0.282. The van der Waals surface area contributed by atoms with Crippen molar-refractivity contribution in [2.75, 3.05) is 26.4 Å². The van der Waals surface area contributed by atoms with E-state index in [1.807, 2.05) is 6.08 Å². The number of aliphatic hydroxyl groups excluding tert-OH is 11. The first kappa shape index (κ1) is 83.5. The second kappa shape index (κ2) is 54.3. The monoisotopic (exact) mass is 1300 g/mol. The summed E-state index contributed by atoms with van der Waals surface area (Å²) < 4.78 is 34.3. The van der Waals surface area contributed by atoms with Crippen molar-refractivity contribution in [2.45, 2.75) is 401 Å². The number of nitrogens with one attached hydrogen (secondary N) is 1. The predicted molar refractivity (Wildman–Crippen MR) is 356 cm³/mol. The minimum absolute atomic E-state index is 0.240. The molecule has 0 radical (unpaired) electrons. The van der Waals surface area contributed by atoms with Crippen molar-refractivity contribution in [3.8, 4) is 0 Å². The fourth-order valence-corrected chi connectivity index (χ4v) is 12.7. The van der Waals surface area contributed by atoms with Crippen LogP contribution in [0.3, 0.4) is 0 Å². The van der Waals surface area contributed by atoms with Gasteiger partial charge in [-0.3, -0.25) is 4.79 Å². The van der Waals surface area contributed by atoms with Crippen LogP contribution in [0.1, 0.15) is 296 Å².